The summed E-state index contributed by atoms with van der Waals surface area (Å²) in [6.07, 6.45) is -5.48. The Morgan fingerprint density at radius 1 is 1.04 bits per heavy atom. The maximum absolute atomic E-state index is 13.9. The number of carbonyl (C=O) groups excluding carboxylic acids is 2. The molecule has 1 aliphatic rings. The summed E-state index contributed by atoms with van der Waals surface area (Å²) in [6.45, 7) is 10.2. The fourth-order valence-electron chi connectivity index (χ4n) is 2.41. The van der Waals surface area contributed by atoms with E-state index >= 15 is 0 Å². The lowest BCUT2D eigenvalue weighted by atomic mass is 10.0. The van der Waals surface area contributed by atoms with Gasteiger partial charge in [0.1, 0.15) is 5.60 Å². The lowest BCUT2D eigenvalue weighted by Crippen LogP contribution is -2.50. The Bertz CT molecular complexity index is 594. The van der Waals surface area contributed by atoms with Crippen LogP contribution in [-0.2, 0) is 33.3 Å². The number of ether oxygens (including phenoxy) is 4. The molecular formula is C17H26F2O8. The number of esters is 2. The standard InChI is InChI=1S/C17H26F2O8/c1-8(2)11(17(18,19)14(22)23)24-12(20)9-10(26-16(6,7)25-9)13(21)27-15(3,4)5/h8-11H,1-7H3,(H,22,23). The first-order valence-electron chi connectivity index (χ1n) is 8.38. The Morgan fingerprint density at radius 3 is 1.85 bits per heavy atom. The largest absolute Gasteiger partial charge is 0.477 e. The number of carboxylic acids is 1. The van der Waals surface area contributed by atoms with Crippen LogP contribution in [0.1, 0.15) is 48.5 Å². The van der Waals surface area contributed by atoms with Crippen molar-refractivity contribution in [3.8, 4) is 0 Å². The topological polar surface area (TPSA) is 108 Å². The van der Waals surface area contributed by atoms with Crippen molar-refractivity contribution in [3.63, 3.8) is 0 Å². The molecule has 27 heavy (non-hydrogen) atoms. The molecule has 0 bridgehead atoms. The molecule has 8 nitrogen and oxygen atoms in total. The smallest absolute Gasteiger partial charge is 0.378 e. The number of rotatable bonds is 6. The third kappa shape index (κ3) is 5.83. The van der Waals surface area contributed by atoms with Crippen LogP contribution < -0.4 is 0 Å². The molecule has 1 rings (SSSR count). The van der Waals surface area contributed by atoms with Crippen LogP contribution in [0.3, 0.4) is 0 Å². The predicted octanol–water partition coefficient (Wildman–Crippen LogP) is 2.14. The zero-order valence-electron chi connectivity index (χ0n) is 16.4. The normalized spacial score (nSPS) is 23.8. The molecule has 1 fully saturated rings. The van der Waals surface area contributed by atoms with Crippen LogP contribution >= 0.6 is 0 Å². The number of carbonyl (C=O) groups is 3. The molecule has 0 spiro atoms. The quantitative estimate of drug-likeness (QED) is 0.681. The minimum absolute atomic E-state index is 0.890. The highest BCUT2D eigenvalue weighted by molar-refractivity contribution is 5.87. The molecule has 3 atom stereocenters. The first kappa shape index (κ1) is 23.2. The molecule has 1 saturated heterocycles. The minimum Gasteiger partial charge on any atom is -0.477 e. The summed E-state index contributed by atoms with van der Waals surface area (Å²) < 4.78 is 48.4. The molecule has 1 aliphatic heterocycles. The monoisotopic (exact) mass is 396 g/mol. The Kier molecular flexibility index (Phi) is 6.60. The van der Waals surface area contributed by atoms with E-state index in [4.69, 9.17) is 24.1 Å². The Hall–Kier alpha value is -1.81. The van der Waals surface area contributed by atoms with Gasteiger partial charge in [0.25, 0.3) is 0 Å². The van der Waals surface area contributed by atoms with Crippen LogP contribution in [0.15, 0.2) is 0 Å². The van der Waals surface area contributed by atoms with E-state index in [1.54, 1.807) is 20.8 Å². The number of hydrogen-bond donors (Lipinski definition) is 1. The summed E-state index contributed by atoms with van der Waals surface area (Å²) in [5, 5.41) is 8.72. The van der Waals surface area contributed by atoms with Crippen molar-refractivity contribution in [3.05, 3.63) is 0 Å². The molecule has 156 valence electrons. The molecule has 1 N–H and O–H groups in total. The highest BCUT2D eigenvalue weighted by atomic mass is 19.3. The Morgan fingerprint density at radius 2 is 1.48 bits per heavy atom. The summed E-state index contributed by atoms with van der Waals surface area (Å²) in [6, 6.07) is 0. The van der Waals surface area contributed by atoms with E-state index in [1.165, 1.54) is 27.7 Å². The van der Waals surface area contributed by atoms with Gasteiger partial charge in [0, 0.05) is 0 Å². The van der Waals surface area contributed by atoms with Gasteiger partial charge in [-0.25, -0.2) is 14.4 Å². The first-order valence-corrected chi connectivity index (χ1v) is 8.38. The number of halogens is 2. The molecule has 10 heteroatoms. The van der Waals surface area contributed by atoms with Crippen LogP contribution in [0, 0.1) is 5.92 Å². The van der Waals surface area contributed by atoms with E-state index in [0.29, 0.717) is 0 Å². The predicted molar refractivity (Wildman–Crippen MR) is 87.0 cm³/mol. The molecule has 3 unspecified atom stereocenters. The van der Waals surface area contributed by atoms with Gasteiger partial charge in [0.05, 0.1) is 0 Å². The second-order valence-electron chi connectivity index (χ2n) is 8.04. The van der Waals surface area contributed by atoms with Gasteiger partial charge in [-0.3, -0.25) is 0 Å². The SMILES string of the molecule is CC(C)C(OC(=O)C1OC(C)(C)OC1C(=O)OC(C)(C)C)C(F)(F)C(=O)O. The summed E-state index contributed by atoms with van der Waals surface area (Å²) in [4.78, 5) is 35.6. The zero-order chi connectivity index (χ0) is 21.4. The molecule has 0 saturated carbocycles. The maximum Gasteiger partial charge on any atom is 0.378 e. The second-order valence-corrected chi connectivity index (χ2v) is 8.04. The van der Waals surface area contributed by atoms with Gasteiger partial charge < -0.3 is 24.1 Å². The highest BCUT2D eigenvalue weighted by Gasteiger charge is 2.56. The van der Waals surface area contributed by atoms with Crippen molar-refractivity contribution in [2.24, 2.45) is 5.92 Å². The summed E-state index contributed by atoms with van der Waals surface area (Å²) in [7, 11) is 0. The van der Waals surface area contributed by atoms with Gasteiger partial charge in [-0.15, -0.1) is 0 Å². The van der Waals surface area contributed by atoms with Crippen LogP contribution in [0.2, 0.25) is 0 Å². The van der Waals surface area contributed by atoms with Crippen LogP contribution in [0.4, 0.5) is 8.78 Å². The van der Waals surface area contributed by atoms with E-state index in [0.717, 1.165) is 0 Å². The summed E-state index contributed by atoms with van der Waals surface area (Å²) >= 11 is 0. The molecule has 0 aromatic heterocycles. The van der Waals surface area contributed by atoms with Crippen molar-refractivity contribution in [1.29, 1.82) is 0 Å². The third-order valence-electron chi connectivity index (χ3n) is 3.46. The lowest BCUT2D eigenvalue weighted by molar-refractivity contribution is -0.207. The molecule has 0 amide bonds. The average Bonchev–Trinajstić information content (AvgIpc) is 2.78. The number of hydrogen-bond acceptors (Lipinski definition) is 7. The number of aliphatic carboxylic acids is 1. The van der Waals surface area contributed by atoms with E-state index in [2.05, 4.69) is 0 Å². The zero-order valence-corrected chi connectivity index (χ0v) is 16.4. The van der Waals surface area contributed by atoms with Crippen molar-refractivity contribution in [2.45, 2.75) is 84.1 Å². The molecule has 0 aliphatic carbocycles. The fourth-order valence-corrected chi connectivity index (χ4v) is 2.41. The molecule has 0 aromatic carbocycles. The first-order chi connectivity index (χ1) is 12.0. The molecular weight excluding hydrogens is 370 g/mol. The average molecular weight is 396 g/mol. The maximum atomic E-state index is 13.9. The van der Waals surface area contributed by atoms with E-state index in [-0.39, 0.29) is 0 Å². The van der Waals surface area contributed by atoms with Crippen LogP contribution in [0.5, 0.6) is 0 Å². The van der Waals surface area contributed by atoms with Crippen LogP contribution in [0.25, 0.3) is 0 Å². The molecule has 1 heterocycles. The lowest BCUT2D eigenvalue weighted by Gasteiger charge is -2.28. The minimum atomic E-state index is -4.32. The Labute approximate surface area is 156 Å². The second kappa shape index (κ2) is 7.67. The van der Waals surface area contributed by atoms with Gasteiger partial charge in [-0.05, 0) is 40.5 Å². The van der Waals surface area contributed by atoms with Gasteiger partial charge in [-0.1, -0.05) is 13.8 Å². The van der Waals surface area contributed by atoms with Crippen molar-refractivity contribution in [1.82, 2.24) is 0 Å². The number of alkyl halides is 2. The van der Waals surface area contributed by atoms with Crippen molar-refractivity contribution in [2.75, 3.05) is 0 Å². The van der Waals surface area contributed by atoms with Crippen LogP contribution in [-0.4, -0.2) is 58.6 Å². The van der Waals surface area contributed by atoms with Gasteiger partial charge in [0.2, 0.25) is 0 Å². The van der Waals surface area contributed by atoms with Crippen molar-refractivity contribution < 1.29 is 47.2 Å². The summed E-state index contributed by atoms with van der Waals surface area (Å²) in [5.74, 6) is -11.4. The third-order valence-corrected chi connectivity index (χ3v) is 3.46. The highest BCUT2D eigenvalue weighted by Crippen LogP contribution is 2.33. The van der Waals surface area contributed by atoms with Gasteiger partial charge in [-0.2, -0.15) is 8.78 Å². The van der Waals surface area contributed by atoms with Crippen molar-refractivity contribution >= 4 is 17.9 Å². The Balaban J connectivity index is 3.07. The molecule has 0 radical (unpaired) electrons. The fraction of sp³-hybridized carbons (Fsp3) is 0.824. The molecule has 0 aromatic rings. The number of carboxylic acid groups (broad SMARTS) is 1. The van der Waals surface area contributed by atoms with E-state index in [9.17, 15) is 23.2 Å². The van der Waals surface area contributed by atoms with Gasteiger partial charge in [0.15, 0.2) is 24.1 Å². The van der Waals surface area contributed by atoms with E-state index < -0.39 is 59.4 Å². The van der Waals surface area contributed by atoms with Gasteiger partial charge >= 0.3 is 23.8 Å². The van der Waals surface area contributed by atoms with E-state index in [1.807, 2.05) is 0 Å². The summed E-state index contributed by atoms with van der Waals surface area (Å²) in [5.41, 5.74) is -0.890.